The van der Waals surface area contributed by atoms with Gasteiger partial charge in [-0.15, -0.1) is 0 Å². The minimum Gasteiger partial charge on any atom is -0.375 e. The number of nitrogens with zero attached hydrogens (tertiary/aromatic N) is 5. The molecule has 0 radical (unpaired) electrons. The monoisotopic (exact) mass is 548 g/mol. The van der Waals surface area contributed by atoms with E-state index < -0.39 is 24.0 Å². The van der Waals surface area contributed by atoms with E-state index in [1.165, 1.54) is 6.33 Å². The van der Waals surface area contributed by atoms with E-state index in [0.717, 1.165) is 40.1 Å². The molecule has 1 aliphatic heterocycles. The van der Waals surface area contributed by atoms with Crippen LogP contribution in [0.2, 0.25) is 5.02 Å². The Bertz CT molecular complexity index is 1600. The zero-order valence-corrected chi connectivity index (χ0v) is 21.1. The third-order valence-corrected chi connectivity index (χ3v) is 6.64. The van der Waals surface area contributed by atoms with Gasteiger partial charge in [0.15, 0.2) is 0 Å². The molecule has 1 saturated heterocycles. The molecule has 200 valence electrons. The zero-order chi connectivity index (χ0) is 27.0. The fourth-order valence-corrected chi connectivity index (χ4v) is 4.98. The highest BCUT2D eigenvalue weighted by atomic mass is 35.5. The third-order valence-electron chi connectivity index (χ3n) is 6.42. The molecule has 9 nitrogen and oxygen atoms in total. The van der Waals surface area contributed by atoms with Crippen molar-refractivity contribution in [3.63, 3.8) is 0 Å². The third kappa shape index (κ3) is 5.52. The molecule has 1 aliphatic rings. The maximum absolute atomic E-state index is 12.9. The molecule has 0 bridgehead atoms. The normalized spacial score (nSPS) is 16.3. The molecule has 4 heterocycles. The summed E-state index contributed by atoms with van der Waals surface area (Å²) in [6, 6.07) is 6.36. The lowest BCUT2D eigenvalue weighted by Gasteiger charge is -2.25. The van der Waals surface area contributed by atoms with Crippen LogP contribution in [0, 0.1) is 6.92 Å². The van der Waals surface area contributed by atoms with E-state index in [0.29, 0.717) is 45.9 Å². The Morgan fingerprint density at radius 2 is 2.05 bits per heavy atom. The number of alkyl halides is 3. The molecule has 0 spiro atoms. The lowest BCUT2D eigenvalue weighted by Crippen LogP contribution is -2.41. The number of hydrogen-bond donors (Lipinski definition) is 1. The average molecular weight is 549 g/mol. The summed E-state index contributed by atoms with van der Waals surface area (Å²) in [5, 5.41) is 8.11. The number of aromatic nitrogens is 5. The lowest BCUT2D eigenvalue weighted by atomic mass is 9.94. The molecule has 1 aromatic carbocycles. The van der Waals surface area contributed by atoms with Gasteiger partial charge in [0.25, 0.3) is 5.56 Å². The van der Waals surface area contributed by atoms with Crippen LogP contribution < -0.4 is 16.6 Å². The summed E-state index contributed by atoms with van der Waals surface area (Å²) < 4.78 is 47.3. The van der Waals surface area contributed by atoms with Gasteiger partial charge in [-0.25, -0.2) is 14.3 Å². The average Bonchev–Trinajstić information content (AvgIpc) is 3.28. The molecule has 4 aromatic rings. The largest absolute Gasteiger partial charge is 0.406 e. The lowest BCUT2D eigenvalue weighted by molar-refractivity contribution is -0.141. The highest BCUT2D eigenvalue weighted by Gasteiger charge is 2.29. The number of halogens is 4. The van der Waals surface area contributed by atoms with Crippen LogP contribution in [-0.2, 0) is 24.2 Å². The minimum atomic E-state index is -4.60. The van der Waals surface area contributed by atoms with Gasteiger partial charge in [0.1, 0.15) is 12.9 Å². The molecule has 3 aromatic heterocycles. The molecule has 0 aliphatic carbocycles. The number of hydrogen-bond acceptors (Lipinski definition) is 6. The fraction of sp³-hybridized carbons (Fsp3) is 0.360. The van der Waals surface area contributed by atoms with Crippen molar-refractivity contribution in [2.24, 2.45) is 0 Å². The van der Waals surface area contributed by atoms with Gasteiger partial charge < -0.3 is 10.1 Å². The highest BCUT2D eigenvalue weighted by molar-refractivity contribution is 6.31. The van der Waals surface area contributed by atoms with Crippen molar-refractivity contribution >= 4 is 17.1 Å². The van der Waals surface area contributed by atoms with Crippen molar-refractivity contribution in [1.29, 1.82) is 0 Å². The SMILES string of the molecule is Cc1cc(Cl)cc(-c2ncnn3cc(Cn4c(=O)ccn(CC(F)(F)F)c4=O)cc23)c1CC1CNCCO1. The second kappa shape index (κ2) is 10.4. The first-order valence-corrected chi connectivity index (χ1v) is 12.3. The van der Waals surface area contributed by atoms with Crippen LogP contribution in [0.25, 0.3) is 16.8 Å². The van der Waals surface area contributed by atoms with Crippen LogP contribution >= 0.6 is 11.6 Å². The first kappa shape index (κ1) is 26.1. The molecular weight excluding hydrogens is 525 g/mol. The molecule has 0 saturated carbocycles. The first-order valence-electron chi connectivity index (χ1n) is 11.9. The van der Waals surface area contributed by atoms with Crippen LogP contribution in [0.1, 0.15) is 16.7 Å². The van der Waals surface area contributed by atoms with Gasteiger partial charge in [-0.3, -0.25) is 13.9 Å². The predicted octanol–water partition coefficient (Wildman–Crippen LogP) is 2.82. The van der Waals surface area contributed by atoms with Gasteiger partial charge in [-0.2, -0.15) is 18.3 Å². The highest BCUT2D eigenvalue weighted by Crippen LogP contribution is 2.33. The van der Waals surface area contributed by atoms with Crippen LogP contribution in [-0.4, -0.2) is 55.7 Å². The van der Waals surface area contributed by atoms with Crippen LogP contribution in [0.3, 0.4) is 0 Å². The Balaban J connectivity index is 1.55. The van der Waals surface area contributed by atoms with E-state index in [2.05, 4.69) is 15.4 Å². The van der Waals surface area contributed by atoms with Crippen LogP contribution in [0.5, 0.6) is 0 Å². The summed E-state index contributed by atoms with van der Waals surface area (Å²) in [6.07, 6.45) is -0.149. The minimum absolute atomic E-state index is 0.0218. The standard InChI is InChI=1S/C25H24ClF3N6O3/c1-15-6-17(26)8-20(19(15)9-18-10-30-3-5-38-18)23-21-7-16(12-35(21)32-14-31-23)11-34-22(36)2-4-33(24(34)37)13-25(27,28)29/h2,4,6-8,12,14,18,30H,3,5,9-11,13H2,1H3. The van der Waals surface area contributed by atoms with Gasteiger partial charge in [0.05, 0.1) is 30.5 Å². The maximum atomic E-state index is 12.9. The summed E-state index contributed by atoms with van der Waals surface area (Å²) in [6.45, 7) is 2.38. The molecule has 13 heteroatoms. The van der Waals surface area contributed by atoms with Crippen molar-refractivity contribution in [2.45, 2.75) is 38.7 Å². The Morgan fingerprint density at radius 1 is 1.24 bits per heavy atom. The Kier molecular flexibility index (Phi) is 7.12. The van der Waals surface area contributed by atoms with E-state index >= 15 is 0 Å². The molecule has 0 amide bonds. The molecule has 38 heavy (non-hydrogen) atoms. The van der Waals surface area contributed by atoms with E-state index in [9.17, 15) is 22.8 Å². The van der Waals surface area contributed by atoms with Crippen LogP contribution in [0.15, 0.2) is 52.6 Å². The molecular formula is C25H24ClF3N6O3. The number of benzene rings is 1. The first-order chi connectivity index (χ1) is 18.1. The second-order valence-electron chi connectivity index (χ2n) is 9.20. The number of ether oxygens (including phenoxy) is 1. The summed E-state index contributed by atoms with van der Waals surface area (Å²) in [4.78, 5) is 29.5. The van der Waals surface area contributed by atoms with Gasteiger partial charge in [-0.05, 0) is 41.8 Å². The fourth-order valence-electron chi connectivity index (χ4n) is 4.71. The topological polar surface area (TPSA) is 95.5 Å². The quantitative estimate of drug-likeness (QED) is 0.398. The molecule has 5 rings (SSSR count). The molecule has 1 unspecified atom stereocenters. The zero-order valence-electron chi connectivity index (χ0n) is 20.3. The Labute approximate surface area is 219 Å². The Morgan fingerprint density at radius 3 is 2.79 bits per heavy atom. The smallest absolute Gasteiger partial charge is 0.375 e. The number of rotatable bonds is 6. The summed E-state index contributed by atoms with van der Waals surface area (Å²) in [7, 11) is 0. The van der Waals surface area contributed by atoms with Gasteiger partial charge in [0, 0.05) is 48.6 Å². The number of morpholine rings is 1. The van der Waals surface area contributed by atoms with Crippen molar-refractivity contribution < 1.29 is 17.9 Å². The second-order valence-corrected chi connectivity index (χ2v) is 9.64. The van der Waals surface area contributed by atoms with Crippen LogP contribution in [0.4, 0.5) is 13.2 Å². The summed E-state index contributed by atoms with van der Waals surface area (Å²) in [5.74, 6) is 0. The van der Waals surface area contributed by atoms with E-state index in [4.69, 9.17) is 16.3 Å². The summed E-state index contributed by atoms with van der Waals surface area (Å²) >= 11 is 6.42. The maximum Gasteiger partial charge on any atom is 0.406 e. The summed E-state index contributed by atoms with van der Waals surface area (Å²) in [5.41, 5.74) is 2.71. The predicted molar refractivity (Wildman–Crippen MR) is 135 cm³/mol. The number of aryl methyl sites for hydroxylation is 1. The van der Waals surface area contributed by atoms with Crippen molar-refractivity contribution in [1.82, 2.24) is 29.0 Å². The van der Waals surface area contributed by atoms with Gasteiger partial charge >= 0.3 is 11.9 Å². The van der Waals surface area contributed by atoms with Gasteiger partial charge in [-0.1, -0.05) is 11.6 Å². The molecule has 1 atom stereocenters. The Hall–Kier alpha value is -3.48. The van der Waals surface area contributed by atoms with Gasteiger partial charge in [0.2, 0.25) is 0 Å². The van der Waals surface area contributed by atoms with Crippen molar-refractivity contribution in [2.75, 3.05) is 19.7 Å². The van der Waals surface area contributed by atoms with Crippen molar-refractivity contribution in [3.8, 4) is 11.3 Å². The van der Waals surface area contributed by atoms with E-state index in [-0.39, 0.29) is 12.6 Å². The molecule has 1 N–H and O–H groups in total. The van der Waals surface area contributed by atoms with E-state index in [1.54, 1.807) is 16.8 Å². The van der Waals surface area contributed by atoms with E-state index in [1.807, 2.05) is 19.1 Å². The number of nitrogens with one attached hydrogen (secondary N) is 1. The molecule has 1 fully saturated rings. The number of fused-ring (bicyclic) bond motifs is 1. The van der Waals surface area contributed by atoms with Crippen molar-refractivity contribution in [3.05, 3.63) is 85.5 Å².